The highest BCUT2D eigenvalue weighted by Crippen LogP contribution is 2.14. The third-order valence-electron chi connectivity index (χ3n) is 2.87. The Morgan fingerprint density at radius 3 is 2.88 bits per heavy atom. The summed E-state index contributed by atoms with van der Waals surface area (Å²) in [4.78, 5) is 4.62. The van der Waals surface area contributed by atoms with Crippen molar-refractivity contribution >= 4 is 11.0 Å². The summed E-state index contributed by atoms with van der Waals surface area (Å²) in [5.41, 5.74) is 7.94. The van der Waals surface area contributed by atoms with Crippen LogP contribution in [0.1, 0.15) is 12.7 Å². The van der Waals surface area contributed by atoms with Crippen molar-refractivity contribution in [1.29, 1.82) is 0 Å². The molecule has 2 rings (SSSR count). The van der Waals surface area contributed by atoms with Crippen LogP contribution >= 0.6 is 0 Å². The summed E-state index contributed by atoms with van der Waals surface area (Å²) in [6, 6.07) is 8.42. The monoisotopic (exact) mass is 232 g/mol. The van der Waals surface area contributed by atoms with Crippen LogP contribution in [0.2, 0.25) is 0 Å². The number of fused-ring (bicyclic) bond motifs is 1. The lowest BCUT2D eigenvalue weighted by Crippen LogP contribution is -2.32. The van der Waals surface area contributed by atoms with Gasteiger partial charge in [-0.15, -0.1) is 0 Å². The zero-order valence-corrected chi connectivity index (χ0v) is 10.5. The molecule has 0 aliphatic carbocycles. The first-order chi connectivity index (χ1) is 8.18. The molecule has 1 aromatic heterocycles. The molecule has 0 spiro atoms. The second-order valence-electron chi connectivity index (χ2n) is 4.51. The van der Waals surface area contributed by atoms with Crippen molar-refractivity contribution in [1.82, 2.24) is 14.9 Å². The minimum Gasteiger partial charge on any atom is -0.331 e. The van der Waals surface area contributed by atoms with E-state index in [4.69, 9.17) is 5.73 Å². The normalized spacial score (nSPS) is 13.1. The lowest BCUT2D eigenvalue weighted by atomic mass is 10.3. The number of hydrogen-bond acceptors (Lipinski definition) is 3. The highest BCUT2D eigenvalue weighted by atomic mass is 15.1. The van der Waals surface area contributed by atoms with Crippen LogP contribution in [0.3, 0.4) is 0 Å². The average molecular weight is 232 g/mol. The first-order valence-corrected chi connectivity index (χ1v) is 6.05. The SMILES string of the molecule is CC(N)CNCCc1nc2ccccc2n1C. The van der Waals surface area contributed by atoms with Crippen molar-refractivity contribution in [3.8, 4) is 0 Å². The van der Waals surface area contributed by atoms with E-state index in [9.17, 15) is 0 Å². The lowest BCUT2D eigenvalue weighted by molar-refractivity contribution is 0.597. The number of benzene rings is 1. The predicted molar refractivity (Wildman–Crippen MR) is 70.9 cm³/mol. The zero-order valence-electron chi connectivity index (χ0n) is 10.5. The number of aromatic nitrogens is 2. The molecule has 0 aliphatic heterocycles. The molecule has 0 saturated heterocycles. The fraction of sp³-hybridized carbons (Fsp3) is 0.462. The molecule has 1 aromatic carbocycles. The van der Waals surface area contributed by atoms with E-state index in [1.54, 1.807) is 0 Å². The largest absolute Gasteiger partial charge is 0.331 e. The van der Waals surface area contributed by atoms with Gasteiger partial charge in [0.25, 0.3) is 0 Å². The van der Waals surface area contributed by atoms with Crippen LogP contribution in [0.25, 0.3) is 11.0 Å². The van der Waals surface area contributed by atoms with E-state index in [2.05, 4.69) is 28.0 Å². The van der Waals surface area contributed by atoms with Crippen molar-refractivity contribution in [3.05, 3.63) is 30.1 Å². The maximum atomic E-state index is 5.68. The van der Waals surface area contributed by atoms with Crippen molar-refractivity contribution < 1.29 is 0 Å². The Morgan fingerprint density at radius 2 is 2.18 bits per heavy atom. The van der Waals surface area contributed by atoms with E-state index in [1.807, 2.05) is 25.1 Å². The Balaban J connectivity index is 2.01. The molecule has 1 atom stereocenters. The van der Waals surface area contributed by atoms with E-state index in [0.717, 1.165) is 30.9 Å². The molecule has 0 bridgehead atoms. The maximum Gasteiger partial charge on any atom is 0.110 e. The first kappa shape index (κ1) is 12.1. The Hall–Kier alpha value is -1.39. The van der Waals surface area contributed by atoms with E-state index in [-0.39, 0.29) is 6.04 Å². The van der Waals surface area contributed by atoms with Gasteiger partial charge in [-0.1, -0.05) is 12.1 Å². The van der Waals surface area contributed by atoms with Crippen LogP contribution in [0.5, 0.6) is 0 Å². The second-order valence-corrected chi connectivity index (χ2v) is 4.51. The Labute approximate surface area is 102 Å². The van der Waals surface area contributed by atoms with Crippen LogP contribution in [-0.2, 0) is 13.5 Å². The van der Waals surface area contributed by atoms with Gasteiger partial charge >= 0.3 is 0 Å². The van der Waals surface area contributed by atoms with Crippen molar-refractivity contribution in [3.63, 3.8) is 0 Å². The van der Waals surface area contributed by atoms with Gasteiger partial charge in [0.05, 0.1) is 11.0 Å². The molecule has 2 aromatic rings. The van der Waals surface area contributed by atoms with Gasteiger partial charge in [-0.05, 0) is 19.1 Å². The topological polar surface area (TPSA) is 55.9 Å². The van der Waals surface area contributed by atoms with Gasteiger partial charge in [-0.3, -0.25) is 0 Å². The zero-order chi connectivity index (χ0) is 12.3. The van der Waals surface area contributed by atoms with E-state index < -0.39 is 0 Å². The summed E-state index contributed by atoms with van der Waals surface area (Å²) in [6.45, 7) is 3.77. The number of nitrogens with zero attached hydrogens (tertiary/aromatic N) is 2. The van der Waals surface area contributed by atoms with Crippen LogP contribution < -0.4 is 11.1 Å². The number of aryl methyl sites for hydroxylation is 1. The van der Waals surface area contributed by atoms with E-state index in [1.165, 1.54) is 5.52 Å². The highest BCUT2D eigenvalue weighted by molar-refractivity contribution is 5.75. The van der Waals surface area contributed by atoms with Crippen LogP contribution in [0.15, 0.2) is 24.3 Å². The summed E-state index contributed by atoms with van der Waals surface area (Å²) >= 11 is 0. The smallest absolute Gasteiger partial charge is 0.110 e. The number of nitrogens with two attached hydrogens (primary N) is 1. The fourth-order valence-electron chi connectivity index (χ4n) is 1.95. The summed E-state index contributed by atoms with van der Waals surface area (Å²) in [6.07, 6.45) is 0.928. The standard InChI is InChI=1S/C13H20N4/c1-10(14)9-15-8-7-13-16-11-5-3-4-6-12(11)17(13)2/h3-6,10,15H,7-9,14H2,1-2H3. The van der Waals surface area contributed by atoms with Crippen LogP contribution in [-0.4, -0.2) is 28.7 Å². The molecule has 1 heterocycles. The minimum absolute atomic E-state index is 0.204. The molecule has 0 radical (unpaired) electrons. The van der Waals surface area contributed by atoms with Crippen LogP contribution in [0, 0.1) is 0 Å². The van der Waals surface area contributed by atoms with Gasteiger partial charge in [0.1, 0.15) is 5.82 Å². The summed E-state index contributed by atoms with van der Waals surface area (Å²) in [5, 5.41) is 3.33. The average Bonchev–Trinajstić information content (AvgIpc) is 2.63. The number of para-hydroxylation sites is 2. The molecule has 4 nitrogen and oxygen atoms in total. The molecule has 3 N–H and O–H groups in total. The molecule has 92 valence electrons. The maximum absolute atomic E-state index is 5.68. The molecule has 1 unspecified atom stereocenters. The summed E-state index contributed by atoms with van der Waals surface area (Å²) in [7, 11) is 2.07. The fourth-order valence-corrected chi connectivity index (χ4v) is 1.95. The van der Waals surface area contributed by atoms with Crippen molar-refractivity contribution in [2.24, 2.45) is 12.8 Å². The van der Waals surface area contributed by atoms with Gasteiger partial charge in [0, 0.05) is 32.6 Å². The Morgan fingerprint density at radius 1 is 1.41 bits per heavy atom. The minimum atomic E-state index is 0.204. The molecule has 17 heavy (non-hydrogen) atoms. The van der Waals surface area contributed by atoms with E-state index >= 15 is 0 Å². The number of rotatable bonds is 5. The molecule has 0 fully saturated rings. The Bertz CT molecular complexity index is 487. The van der Waals surface area contributed by atoms with E-state index in [0.29, 0.717) is 0 Å². The molecule has 0 amide bonds. The van der Waals surface area contributed by atoms with Gasteiger partial charge in [-0.25, -0.2) is 4.98 Å². The van der Waals surface area contributed by atoms with Crippen molar-refractivity contribution in [2.45, 2.75) is 19.4 Å². The molecular weight excluding hydrogens is 212 g/mol. The quantitative estimate of drug-likeness (QED) is 0.758. The number of nitrogens with one attached hydrogen (secondary N) is 1. The predicted octanol–water partition coefficient (Wildman–Crippen LogP) is 1.05. The third kappa shape index (κ3) is 2.84. The lowest BCUT2D eigenvalue weighted by Gasteiger charge is -2.07. The highest BCUT2D eigenvalue weighted by Gasteiger charge is 2.06. The molecular formula is C13H20N4. The molecule has 0 aliphatic rings. The molecule has 0 saturated carbocycles. The van der Waals surface area contributed by atoms with Crippen molar-refractivity contribution in [2.75, 3.05) is 13.1 Å². The number of imidazole rings is 1. The third-order valence-corrected chi connectivity index (χ3v) is 2.87. The van der Waals surface area contributed by atoms with Gasteiger partial charge in [0.15, 0.2) is 0 Å². The van der Waals surface area contributed by atoms with Gasteiger partial charge in [-0.2, -0.15) is 0 Å². The number of hydrogen-bond donors (Lipinski definition) is 2. The first-order valence-electron chi connectivity index (χ1n) is 6.05. The summed E-state index contributed by atoms with van der Waals surface area (Å²) < 4.78 is 2.16. The Kier molecular flexibility index (Phi) is 3.76. The molecule has 4 heteroatoms. The van der Waals surface area contributed by atoms with Gasteiger partial charge < -0.3 is 15.6 Å². The second kappa shape index (κ2) is 5.29. The summed E-state index contributed by atoms with van der Waals surface area (Å²) in [5.74, 6) is 1.11. The van der Waals surface area contributed by atoms with Gasteiger partial charge in [0.2, 0.25) is 0 Å². The van der Waals surface area contributed by atoms with Crippen LogP contribution in [0.4, 0.5) is 0 Å².